The third-order valence-electron chi connectivity index (χ3n) is 4.58. The summed E-state index contributed by atoms with van der Waals surface area (Å²) in [6.45, 7) is 12.1. The second kappa shape index (κ2) is 7.42. The molecule has 1 fully saturated rings. The fourth-order valence-electron chi connectivity index (χ4n) is 3.29. The second-order valence-electron chi connectivity index (χ2n) is 7.88. The highest BCUT2D eigenvalue weighted by molar-refractivity contribution is 5.94. The van der Waals surface area contributed by atoms with E-state index < -0.39 is 5.60 Å². The molecule has 2 heterocycles. The molecule has 0 aromatic carbocycles. The number of hydrogen-bond acceptors (Lipinski definition) is 4. The van der Waals surface area contributed by atoms with Crippen molar-refractivity contribution >= 4 is 12.0 Å². The van der Waals surface area contributed by atoms with Crippen molar-refractivity contribution < 1.29 is 14.3 Å². The Bertz CT molecular complexity index is 639. The summed E-state index contributed by atoms with van der Waals surface area (Å²) in [6, 6.07) is 1.79. The number of likely N-dealkylation sites (tertiary alicyclic amines) is 1. The minimum atomic E-state index is -0.507. The lowest BCUT2D eigenvalue weighted by Crippen LogP contribution is -2.45. The number of nitrogens with zero attached hydrogens (tertiary/aromatic N) is 2. The van der Waals surface area contributed by atoms with Gasteiger partial charge in [-0.2, -0.15) is 0 Å². The number of pyridine rings is 1. The molecular formula is C19H29N3O3. The zero-order chi connectivity index (χ0) is 18.8. The smallest absolute Gasteiger partial charge is 0.410 e. The monoisotopic (exact) mass is 347 g/mol. The summed E-state index contributed by atoms with van der Waals surface area (Å²) in [6.07, 6.45) is 3.84. The van der Waals surface area contributed by atoms with Crippen molar-refractivity contribution in [3.05, 3.63) is 29.6 Å². The Hall–Kier alpha value is -2.11. The first-order valence-corrected chi connectivity index (χ1v) is 8.80. The minimum Gasteiger partial charge on any atom is -0.444 e. The molecule has 0 radical (unpaired) electrons. The van der Waals surface area contributed by atoms with Crippen molar-refractivity contribution in [3.8, 4) is 0 Å². The Morgan fingerprint density at radius 2 is 2.04 bits per heavy atom. The van der Waals surface area contributed by atoms with Crippen LogP contribution < -0.4 is 5.32 Å². The summed E-state index contributed by atoms with van der Waals surface area (Å²) >= 11 is 0. The van der Waals surface area contributed by atoms with Crippen LogP contribution in [-0.4, -0.2) is 46.1 Å². The molecule has 0 saturated carbocycles. The van der Waals surface area contributed by atoms with Crippen molar-refractivity contribution in [2.45, 2.75) is 65.6 Å². The van der Waals surface area contributed by atoms with Crippen LogP contribution in [0.5, 0.6) is 0 Å². The van der Waals surface area contributed by atoms with E-state index in [0.717, 1.165) is 12.0 Å². The Kier molecular flexibility index (Phi) is 5.70. The van der Waals surface area contributed by atoms with Gasteiger partial charge < -0.3 is 15.0 Å². The summed E-state index contributed by atoms with van der Waals surface area (Å²) in [5, 5.41) is 3.05. The molecule has 2 rings (SSSR count). The number of aryl methyl sites for hydroxylation is 1. The van der Waals surface area contributed by atoms with Crippen LogP contribution in [-0.2, 0) is 4.74 Å². The fraction of sp³-hybridized carbons (Fsp3) is 0.632. The van der Waals surface area contributed by atoms with Gasteiger partial charge in [0.25, 0.3) is 5.91 Å². The molecule has 1 aliphatic rings. The van der Waals surface area contributed by atoms with Gasteiger partial charge in [0.2, 0.25) is 0 Å². The molecule has 1 aliphatic heterocycles. The van der Waals surface area contributed by atoms with Gasteiger partial charge in [-0.05, 0) is 59.6 Å². The maximum atomic E-state index is 12.4. The van der Waals surface area contributed by atoms with Crippen LogP contribution in [0.2, 0.25) is 0 Å². The van der Waals surface area contributed by atoms with Crippen molar-refractivity contribution in [1.29, 1.82) is 0 Å². The largest absolute Gasteiger partial charge is 0.444 e. The molecule has 3 atom stereocenters. The van der Waals surface area contributed by atoms with E-state index in [4.69, 9.17) is 4.74 Å². The van der Waals surface area contributed by atoms with E-state index in [9.17, 15) is 9.59 Å². The quantitative estimate of drug-likeness (QED) is 0.912. The molecule has 138 valence electrons. The van der Waals surface area contributed by atoms with Crippen LogP contribution >= 0.6 is 0 Å². The van der Waals surface area contributed by atoms with Crippen molar-refractivity contribution in [2.24, 2.45) is 5.92 Å². The molecule has 1 N–H and O–H groups in total. The summed E-state index contributed by atoms with van der Waals surface area (Å²) in [5.74, 6) is 0.0563. The maximum Gasteiger partial charge on any atom is 0.410 e. The van der Waals surface area contributed by atoms with Crippen LogP contribution in [0.4, 0.5) is 4.79 Å². The van der Waals surface area contributed by atoms with Crippen LogP contribution in [0.1, 0.15) is 57.0 Å². The minimum absolute atomic E-state index is 0.0146. The summed E-state index contributed by atoms with van der Waals surface area (Å²) in [4.78, 5) is 30.6. The Balaban J connectivity index is 1.97. The standard InChI is InChI=1S/C19H29N3O3/c1-12-9-15(11-20-10-12)17(23)21-13(2)16-7-8-22(14(16)3)18(24)25-19(4,5)6/h9-11,13-14,16H,7-8H2,1-6H3,(H,21,23). The highest BCUT2D eigenvalue weighted by Crippen LogP contribution is 2.28. The Morgan fingerprint density at radius 3 is 2.64 bits per heavy atom. The average molecular weight is 347 g/mol. The van der Waals surface area contributed by atoms with Crippen LogP contribution in [0.15, 0.2) is 18.5 Å². The summed E-state index contributed by atoms with van der Waals surface area (Å²) < 4.78 is 5.48. The third-order valence-corrected chi connectivity index (χ3v) is 4.58. The molecule has 1 aromatic rings. The Morgan fingerprint density at radius 1 is 1.36 bits per heavy atom. The zero-order valence-electron chi connectivity index (χ0n) is 16.0. The number of amides is 2. The predicted octanol–water partition coefficient (Wildman–Crippen LogP) is 3.15. The molecule has 2 amide bonds. The number of nitrogens with one attached hydrogen (secondary N) is 1. The molecule has 6 heteroatoms. The van der Waals surface area contributed by atoms with Gasteiger partial charge >= 0.3 is 6.09 Å². The van der Waals surface area contributed by atoms with Crippen LogP contribution in [0, 0.1) is 12.8 Å². The molecule has 1 aromatic heterocycles. The van der Waals surface area contributed by atoms with E-state index >= 15 is 0 Å². The van der Waals surface area contributed by atoms with E-state index in [1.807, 2.05) is 47.6 Å². The molecule has 25 heavy (non-hydrogen) atoms. The van der Waals surface area contributed by atoms with E-state index in [-0.39, 0.29) is 30.0 Å². The van der Waals surface area contributed by atoms with Gasteiger partial charge in [-0.15, -0.1) is 0 Å². The first kappa shape index (κ1) is 19.2. The summed E-state index contributed by atoms with van der Waals surface area (Å²) in [5.41, 5.74) is 1.000. The highest BCUT2D eigenvalue weighted by Gasteiger charge is 2.39. The van der Waals surface area contributed by atoms with Gasteiger partial charge in [0.1, 0.15) is 5.60 Å². The molecule has 0 spiro atoms. The molecule has 1 saturated heterocycles. The number of ether oxygens (including phenoxy) is 1. The lowest BCUT2D eigenvalue weighted by molar-refractivity contribution is 0.0218. The van der Waals surface area contributed by atoms with E-state index in [0.29, 0.717) is 12.1 Å². The van der Waals surface area contributed by atoms with Gasteiger partial charge in [-0.3, -0.25) is 9.78 Å². The Labute approximate surface area is 150 Å². The second-order valence-corrected chi connectivity index (χ2v) is 7.88. The van der Waals surface area contributed by atoms with Crippen molar-refractivity contribution in [3.63, 3.8) is 0 Å². The predicted molar refractivity (Wildman–Crippen MR) is 96.4 cm³/mol. The normalized spacial score (nSPS) is 21.8. The lowest BCUT2D eigenvalue weighted by atomic mass is 9.94. The van der Waals surface area contributed by atoms with Gasteiger partial charge in [0.05, 0.1) is 5.56 Å². The molecule has 0 aliphatic carbocycles. The molecule has 0 bridgehead atoms. The molecule has 6 nitrogen and oxygen atoms in total. The average Bonchev–Trinajstić information content (AvgIpc) is 2.87. The van der Waals surface area contributed by atoms with Crippen LogP contribution in [0.3, 0.4) is 0 Å². The number of hydrogen-bond donors (Lipinski definition) is 1. The fourth-order valence-corrected chi connectivity index (χ4v) is 3.29. The maximum absolute atomic E-state index is 12.4. The van der Waals surface area contributed by atoms with Crippen LogP contribution in [0.25, 0.3) is 0 Å². The van der Waals surface area contributed by atoms with E-state index in [1.165, 1.54) is 0 Å². The first-order valence-electron chi connectivity index (χ1n) is 8.80. The number of rotatable bonds is 3. The SMILES string of the molecule is Cc1cncc(C(=O)NC(C)C2CCN(C(=O)OC(C)(C)C)C2C)c1. The molecular weight excluding hydrogens is 318 g/mol. The van der Waals surface area contributed by atoms with Crippen molar-refractivity contribution in [2.75, 3.05) is 6.54 Å². The van der Waals surface area contributed by atoms with E-state index in [2.05, 4.69) is 10.3 Å². The summed E-state index contributed by atoms with van der Waals surface area (Å²) in [7, 11) is 0. The van der Waals surface area contributed by atoms with Crippen molar-refractivity contribution in [1.82, 2.24) is 15.2 Å². The van der Waals surface area contributed by atoms with Gasteiger partial charge in [-0.25, -0.2) is 4.79 Å². The van der Waals surface area contributed by atoms with E-state index in [1.54, 1.807) is 17.3 Å². The highest BCUT2D eigenvalue weighted by atomic mass is 16.6. The zero-order valence-corrected chi connectivity index (χ0v) is 16.0. The number of carbonyl (C=O) groups excluding carboxylic acids is 2. The van der Waals surface area contributed by atoms with Gasteiger partial charge in [0, 0.05) is 36.9 Å². The number of carbonyl (C=O) groups is 2. The number of aromatic nitrogens is 1. The first-order chi connectivity index (χ1) is 11.6. The van der Waals surface area contributed by atoms with Gasteiger partial charge in [0.15, 0.2) is 0 Å². The third kappa shape index (κ3) is 4.94. The molecule has 3 unspecified atom stereocenters. The topological polar surface area (TPSA) is 71.5 Å². The lowest BCUT2D eigenvalue weighted by Gasteiger charge is -2.30. The van der Waals surface area contributed by atoms with Gasteiger partial charge in [-0.1, -0.05) is 0 Å².